The van der Waals surface area contributed by atoms with Gasteiger partial charge in [0.15, 0.2) is 0 Å². The average Bonchev–Trinajstić information content (AvgIpc) is 2.46. The summed E-state index contributed by atoms with van der Waals surface area (Å²) in [5.41, 5.74) is 6.22. The van der Waals surface area contributed by atoms with Crippen molar-refractivity contribution in [1.82, 2.24) is 14.5 Å². The topological polar surface area (TPSA) is 73.8 Å². The van der Waals surface area contributed by atoms with Crippen LogP contribution in [0.1, 0.15) is 18.8 Å². The smallest absolute Gasteiger partial charge is 0.267 e. The summed E-state index contributed by atoms with van der Waals surface area (Å²) >= 11 is 6.11. The first-order valence-electron chi connectivity index (χ1n) is 6.56. The van der Waals surface area contributed by atoms with Gasteiger partial charge in [-0.2, -0.15) is 0 Å². The minimum absolute atomic E-state index is 0.256. The van der Waals surface area contributed by atoms with Crippen LogP contribution < -0.4 is 11.3 Å². The van der Waals surface area contributed by atoms with Crippen molar-refractivity contribution < 1.29 is 4.39 Å². The fourth-order valence-electron chi connectivity index (χ4n) is 2.28. The van der Waals surface area contributed by atoms with Crippen molar-refractivity contribution in [1.29, 1.82) is 0 Å². The summed E-state index contributed by atoms with van der Waals surface area (Å²) in [4.78, 5) is 21.0. The minimum Gasteiger partial charge on any atom is -0.322 e. The highest BCUT2D eigenvalue weighted by molar-refractivity contribution is 6.35. The summed E-state index contributed by atoms with van der Waals surface area (Å²) in [5, 5.41) is 0.544. The lowest BCUT2D eigenvalue weighted by Crippen LogP contribution is -2.27. The van der Waals surface area contributed by atoms with Gasteiger partial charge in [0, 0.05) is 6.07 Å². The van der Waals surface area contributed by atoms with Crippen molar-refractivity contribution in [2.24, 2.45) is 5.73 Å². The lowest BCUT2D eigenvalue weighted by atomic mass is 10.2. The zero-order valence-electron chi connectivity index (χ0n) is 11.6. The van der Waals surface area contributed by atoms with Crippen molar-refractivity contribution in [3.05, 3.63) is 63.7 Å². The van der Waals surface area contributed by atoms with Gasteiger partial charge in [-0.25, -0.2) is 9.37 Å². The normalized spacial score (nSPS) is 12.5. The standard InChI is InChI=1S/C15H12ClFN4O/c1-8(18)14-20-12-4-2-3-11(16)13(12)15(22)21(14)10-5-9(17)6-19-7-10/h2-8H,18H2,1H3/t8-/m0/s1. The van der Waals surface area contributed by atoms with Crippen LogP contribution in [-0.2, 0) is 0 Å². The summed E-state index contributed by atoms with van der Waals surface area (Å²) < 4.78 is 14.7. The molecule has 3 rings (SSSR count). The van der Waals surface area contributed by atoms with E-state index in [4.69, 9.17) is 17.3 Å². The van der Waals surface area contributed by atoms with Gasteiger partial charge >= 0.3 is 0 Å². The molecule has 1 aromatic carbocycles. The number of hydrogen-bond acceptors (Lipinski definition) is 4. The quantitative estimate of drug-likeness (QED) is 0.788. The second-order valence-corrected chi connectivity index (χ2v) is 5.30. The molecular weight excluding hydrogens is 307 g/mol. The molecule has 0 saturated heterocycles. The molecular formula is C15H12ClFN4O. The van der Waals surface area contributed by atoms with Gasteiger partial charge < -0.3 is 5.73 Å². The van der Waals surface area contributed by atoms with E-state index in [0.29, 0.717) is 11.3 Å². The lowest BCUT2D eigenvalue weighted by Gasteiger charge is -2.16. The Morgan fingerprint density at radius 3 is 2.82 bits per heavy atom. The van der Waals surface area contributed by atoms with Crippen LogP contribution in [0.25, 0.3) is 16.6 Å². The third-order valence-corrected chi connectivity index (χ3v) is 3.54. The molecule has 0 unspecified atom stereocenters. The van der Waals surface area contributed by atoms with E-state index >= 15 is 0 Å². The second kappa shape index (κ2) is 5.47. The highest BCUT2D eigenvalue weighted by atomic mass is 35.5. The SMILES string of the molecule is C[C@H](N)c1nc2cccc(Cl)c2c(=O)n1-c1cncc(F)c1. The van der Waals surface area contributed by atoms with Crippen molar-refractivity contribution in [3.63, 3.8) is 0 Å². The molecule has 2 heterocycles. The Bertz CT molecular complexity index is 923. The van der Waals surface area contributed by atoms with Crippen LogP contribution >= 0.6 is 11.6 Å². The van der Waals surface area contributed by atoms with E-state index in [1.807, 2.05) is 0 Å². The summed E-state index contributed by atoms with van der Waals surface area (Å²) in [6.07, 6.45) is 2.43. The van der Waals surface area contributed by atoms with Crippen LogP contribution in [0.15, 0.2) is 41.5 Å². The molecule has 2 aromatic heterocycles. The Hall–Kier alpha value is -2.31. The third-order valence-electron chi connectivity index (χ3n) is 3.23. The fraction of sp³-hybridized carbons (Fsp3) is 0.133. The molecule has 112 valence electrons. The van der Waals surface area contributed by atoms with Gasteiger partial charge in [0.05, 0.1) is 40.0 Å². The molecule has 0 aliphatic heterocycles. The van der Waals surface area contributed by atoms with E-state index < -0.39 is 17.4 Å². The van der Waals surface area contributed by atoms with E-state index in [9.17, 15) is 9.18 Å². The number of fused-ring (bicyclic) bond motifs is 1. The largest absolute Gasteiger partial charge is 0.322 e. The molecule has 0 aliphatic carbocycles. The van der Waals surface area contributed by atoms with E-state index in [1.54, 1.807) is 25.1 Å². The zero-order chi connectivity index (χ0) is 15.9. The molecule has 5 nitrogen and oxygen atoms in total. The van der Waals surface area contributed by atoms with E-state index in [2.05, 4.69) is 9.97 Å². The first-order valence-corrected chi connectivity index (χ1v) is 6.94. The number of rotatable bonds is 2. The van der Waals surface area contributed by atoms with Crippen LogP contribution in [0, 0.1) is 5.82 Å². The third kappa shape index (κ3) is 2.36. The molecule has 0 amide bonds. The summed E-state index contributed by atoms with van der Waals surface area (Å²) in [6.45, 7) is 1.70. The van der Waals surface area contributed by atoms with Crippen LogP contribution in [0.2, 0.25) is 5.02 Å². The Morgan fingerprint density at radius 1 is 1.36 bits per heavy atom. The van der Waals surface area contributed by atoms with E-state index in [1.165, 1.54) is 16.8 Å². The van der Waals surface area contributed by atoms with Crippen molar-refractivity contribution in [2.75, 3.05) is 0 Å². The number of pyridine rings is 1. The second-order valence-electron chi connectivity index (χ2n) is 4.89. The molecule has 0 radical (unpaired) electrons. The van der Waals surface area contributed by atoms with Crippen molar-refractivity contribution in [3.8, 4) is 5.69 Å². The summed E-state index contributed by atoms with van der Waals surface area (Å²) in [5.74, 6) is -0.244. The molecule has 0 aliphatic rings. The lowest BCUT2D eigenvalue weighted by molar-refractivity contribution is 0.616. The first kappa shape index (κ1) is 14.6. The monoisotopic (exact) mass is 318 g/mol. The molecule has 22 heavy (non-hydrogen) atoms. The summed E-state index contributed by atoms with van der Waals surface area (Å²) in [7, 11) is 0. The van der Waals surface area contributed by atoms with Gasteiger partial charge in [0.25, 0.3) is 5.56 Å². The molecule has 0 fully saturated rings. The predicted octanol–water partition coefficient (Wildman–Crippen LogP) is 2.59. The molecule has 0 saturated carbocycles. The molecule has 3 aromatic rings. The van der Waals surface area contributed by atoms with Gasteiger partial charge in [-0.3, -0.25) is 14.3 Å². The zero-order valence-corrected chi connectivity index (χ0v) is 12.4. The average molecular weight is 319 g/mol. The molecule has 0 spiro atoms. The maximum absolute atomic E-state index is 13.5. The molecule has 1 atom stereocenters. The van der Waals surface area contributed by atoms with Crippen LogP contribution in [0.3, 0.4) is 0 Å². The maximum Gasteiger partial charge on any atom is 0.267 e. The highest BCUT2D eigenvalue weighted by Crippen LogP contribution is 2.22. The van der Waals surface area contributed by atoms with Crippen LogP contribution in [0.4, 0.5) is 4.39 Å². The summed E-state index contributed by atoms with van der Waals surface area (Å²) in [6, 6.07) is 5.66. The van der Waals surface area contributed by atoms with Crippen LogP contribution in [-0.4, -0.2) is 14.5 Å². The fourth-order valence-corrected chi connectivity index (χ4v) is 2.54. The van der Waals surface area contributed by atoms with Gasteiger partial charge in [-0.15, -0.1) is 0 Å². The van der Waals surface area contributed by atoms with Gasteiger partial charge in [0.2, 0.25) is 0 Å². The van der Waals surface area contributed by atoms with Crippen molar-refractivity contribution in [2.45, 2.75) is 13.0 Å². The number of halogens is 2. The van der Waals surface area contributed by atoms with E-state index in [-0.39, 0.29) is 16.1 Å². The number of nitrogens with two attached hydrogens (primary N) is 1. The Labute approximate surface area is 130 Å². The Morgan fingerprint density at radius 2 is 2.14 bits per heavy atom. The van der Waals surface area contributed by atoms with Crippen molar-refractivity contribution >= 4 is 22.5 Å². The van der Waals surface area contributed by atoms with Gasteiger partial charge in [0.1, 0.15) is 11.6 Å². The van der Waals surface area contributed by atoms with Gasteiger partial charge in [-0.05, 0) is 19.1 Å². The van der Waals surface area contributed by atoms with Crippen LogP contribution in [0.5, 0.6) is 0 Å². The predicted molar refractivity (Wildman–Crippen MR) is 82.7 cm³/mol. The number of benzene rings is 1. The molecule has 0 bridgehead atoms. The number of aromatic nitrogens is 3. The maximum atomic E-state index is 13.5. The molecule has 2 N–H and O–H groups in total. The number of hydrogen-bond donors (Lipinski definition) is 1. The Kier molecular flexibility index (Phi) is 3.64. The highest BCUT2D eigenvalue weighted by Gasteiger charge is 2.17. The Balaban J connectivity index is 2.46. The molecule has 7 heteroatoms. The minimum atomic E-state index is -0.556. The number of nitrogens with zero attached hydrogens (tertiary/aromatic N) is 3. The van der Waals surface area contributed by atoms with E-state index in [0.717, 1.165) is 6.20 Å². The van der Waals surface area contributed by atoms with Gasteiger partial charge in [-0.1, -0.05) is 17.7 Å². The first-order chi connectivity index (χ1) is 10.5.